The summed E-state index contributed by atoms with van der Waals surface area (Å²) in [6, 6.07) is 1.16. The van der Waals surface area contributed by atoms with E-state index in [2.05, 4.69) is 15.6 Å². The zero-order valence-electron chi connectivity index (χ0n) is 14.8. The highest BCUT2D eigenvalue weighted by atomic mass is 16.4. The van der Waals surface area contributed by atoms with E-state index >= 15 is 0 Å². The molecular weight excluding hydrogens is 324 g/mol. The molecule has 1 aromatic heterocycles. The molecule has 25 heavy (non-hydrogen) atoms. The second-order valence-corrected chi connectivity index (χ2v) is 6.49. The minimum atomic E-state index is -1.09. The Labute approximate surface area is 146 Å². The smallest absolute Gasteiger partial charge is 0.327 e. The molecule has 8 nitrogen and oxygen atoms in total. The van der Waals surface area contributed by atoms with Gasteiger partial charge in [0.05, 0.1) is 6.04 Å². The first-order valence-corrected chi connectivity index (χ1v) is 8.25. The summed E-state index contributed by atoms with van der Waals surface area (Å²) in [5, 5.41) is 15.1. The van der Waals surface area contributed by atoms with Crippen molar-refractivity contribution in [3.63, 3.8) is 0 Å². The van der Waals surface area contributed by atoms with Gasteiger partial charge in [-0.2, -0.15) is 0 Å². The maximum absolute atomic E-state index is 13.1. The predicted molar refractivity (Wildman–Crippen MR) is 92.1 cm³/mol. The van der Waals surface area contributed by atoms with Crippen LogP contribution in [0.2, 0.25) is 0 Å². The minimum Gasteiger partial charge on any atom is -0.480 e. The van der Waals surface area contributed by atoms with Gasteiger partial charge in [0.1, 0.15) is 17.9 Å². The van der Waals surface area contributed by atoms with E-state index in [4.69, 9.17) is 0 Å². The lowest BCUT2D eigenvalue weighted by Crippen LogP contribution is -2.57. The number of rotatable bonds is 6. The van der Waals surface area contributed by atoms with E-state index in [9.17, 15) is 19.5 Å². The van der Waals surface area contributed by atoms with Crippen molar-refractivity contribution in [2.24, 2.45) is 5.92 Å². The fraction of sp³-hybridized carbons (Fsp3) is 0.529. The molecule has 2 rings (SSSR count). The second kappa shape index (κ2) is 7.60. The molecule has 3 atom stereocenters. The summed E-state index contributed by atoms with van der Waals surface area (Å²) in [7, 11) is 1.65. The summed E-state index contributed by atoms with van der Waals surface area (Å²) in [6.07, 6.45) is 1.73. The average Bonchev–Trinajstić information content (AvgIpc) is 2.97. The number of carbonyl (C=O) groups is 3. The van der Waals surface area contributed by atoms with Gasteiger partial charge < -0.3 is 15.7 Å². The predicted octanol–water partition coefficient (Wildman–Crippen LogP) is 0.173. The van der Waals surface area contributed by atoms with Crippen LogP contribution >= 0.6 is 0 Å². The largest absolute Gasteiger partial charge is 0.480 e. The molecule has 3 N–H and O–H groups in total. The Bertz CT molecular complexity index is 676. The molecule has 0 saturated heterocycles. The number of aromatic nitrogens is 1. The number of carboxylic acid groups (broad SMARTS) is 1. The van der Waals surface area contributed by atoms with Gasteiger partial charge in [0.25, 0.3) is 5.91 Å². The standard InChI is InChI=1S/C17H24N4O4/c1-9(2)13(20-15(22)10(3)18-4)16(23)21-12(17(24)25)8-11-6-5-7-19-14(11)21/h5-7,9-10,12-13,18H,8H2,1-4H3,(H,20,22)(H,24,25)/t10-,12+,13-/m0/s1. The van der Waals surface area contributed by atoms with Crippen LogP contribution in [0, 0.1) is 5.92 Å². The summed E-state index contributed by atoms with van der Waals surface area (Å²) >= 11 is 0. The third-order valence-corrected chi connectivity index (χ3v) is 4.40. The van der Waals surface area contributed by atoms with Gasteiger partial charge in [-0.25, -0.2) is 9.78 Å². The number of pyridine rings is 1. The zero-order chi connectivity index (χ0) is 18.7. The van der Waals surface area contributed by atoms with Gasteiger partial charge in [-0.3, -0.25) is 14.5 Å². The van der Waals surface area contributed by atoms with Gasteiger partial charge in [0.2, 0.25) is 5.91 Å². The SMILES string of the molecule is CN[C@@H](C)C(=O)N[C@H](C(=O)N1c2ncccc2C[C@@H]1C(=O)O)C(C)C. The number of hydrogen-bond donors (Lipinski definition) is 3. The molecule has 2 amide bonds. The second-order valence-electron chi connectivity index (χ2n) is 6.49. The number of aliphatic carboxylic acids is 1. The first-order chi connectivity index (χ1) is 11.8. The molecule has 1 aliphatic heterocycles. The van der Waals surface area contributed by atoms with Crippen molar-refractivity contribution < 1.29 is 19.5 Å². The number of nitrogens with zero attached hydrogens (tertiary/aromatic N) is 2. The molecule has 1 aromatic rings. The van der Waals surface area contributed by atoms with Crippen LogP contribution in [0.15, 0.2) is 18.3 Å². The van der Waals surface area contributed by atoms with Gasteiger partial charge in [-0.1, -0.05) is 19.9 Å². The Morgan fingerprint density at radius 3 is 2.56 bits per heavy atom. The average molecular weight is 348 g/mol. The Hall–Kier alpha value is -2.48. The Balaban J connectivity index is 2.33. The van der Waals surface area contributed by atoms with Gasteiger partial charge in [-0.05, 0) is 31.5 Å². The molecule has 136 valence electrons. The summed E-state index contributed by atoms with van der Waals surface area (Å²) in [4.78, 5) is 42.3. The summed E-state index contributed by atoms with van der Waals surface area (Å²) in [5.41, 5.74) is 0.709. The maximum Gasteiger partial charge on any atom is 0.327 e. The third kappa shape index (κ3) is 3.79. The van der Waals surface area contributed by atoms with E-state index < -0.39 is 30.0 Å². The highest BCUT2D eigenvalue weighted by Crippen LogP contribution is 2.31. The fourth-order valence-corrected chi connectivity index (χ4v) is 2.78. The van der Waals surface area contributed by atoms with Crippen LogP contribution in [0.4, 0.5) is 5.82 Å². The monoisotopic (exact) mass is 348 g/mol. The van der Waals surface area contributed by atoms with Crippen LogP contribution in [0.1, 0.15) is 26.3 Å². The van der Waals surface area contributed by atoms with E-state index in [1.54, 1.807) is 40.0 Å². The van der Waals surface area contributed by atoms with Gasteiger partial charge in [0.15, 0.2) is 0 Å². The molecule has 0 radical (unpaired) electrons. The number of hydrogen-bond acceptors (Lipinski definition) is 5. The molecule has 0 saturated carbocycles. The first kappa shape index (κ1) is 18.9. The Morgan fingerprint density at radius 2 is 2.00 bits per heavy atom. The number of likely N-dealkylation sites (N-methyl/N-ethyl adjacent to an activating group) is 1. The molecule has 0 fully saturated rings. The number of amides is 2. The lowest BCUT2D eigenvalue weighted by atomic mass is 10.0. The molecule has 0 bridgehead atoms. The number of fused-ring (bicyclic) bond motifs is 1. The minimum absolute atomic E-state index is 0.204. The highest BCUT2D eigenvalue weighted by molar-refractivity contribution is 6.05. The van der Waals surface area contributed by atoms with Crippen LogP contribution in [-0.2, 0) is 20.8 Å². The van der Waals surface area contributed by atoms with Gasteiger partial charge in [0, 0.05) is 12.6 Å². The van der Waals surface area contributed by atoms with E-state index in [-0.39, 0.29) is 18.2 Å². The molecule has 0 unspecified atom stereocenters. The maximum atomic E-state index is 13.1. The van der Waals surface area contributed by atoms with Crippen molar-refractivity contribution in [1.82, 2.24) is 15.6 Å². The van der Waals surface area contributed by atoms with Gasteiger partial charge in [-0.15, -0.1) is 0 Å². The van der Waals surface area contributed by atoms with Crippen LogP contribution < -0.4 is 15.5 Å². The zero-order valence-corrected chi connectivity index (χ0v) is 14.8. The lowest BCUT2D eigenvalue weighted by Gasteiger charge is -2.30. The van der Waals surface area contributed by atoms with Crippen molar-refractivity contribution in [1.29, 1.82) is 0 Å². The van der Waals surface area contributed by atoms with Crippen molar-refractivity contribution in [2.75, 3.05) is 11.9 Å². The topological polar surface area (TPSA) is 112 Å². The van der Waals surface area contributed by atoms with Crippen molar-refractivity contribution >= 4 is 23.6 Å². The van der Waals surface area contributed by atoms with Crippen molar-refractivity contribution in [2.45, 2.75) is 45.3 Å². The van der Waals surface area contributed by atoms with E-state index in [0.29, 0.717) is 11.4 Å². The van der Waals surface area contributed by atoms with Crippen LogP contribution in [-0.4, -0.2) is 53.0 Å². The van der Waals surface area contributed by atoms with Crippen LogP contribution in [0.3, 0.4) is 0 Å². The third-order valence-electron chi connectivity index (χ3n) is 4.40. The molecule has 0 spiro atoms. The molecule has 0 aliphatic carbocycles. The highest BCUT2D eigenvalue weighted by Gasteiger charge is 2.43. The summed E-state index contributed by atoms with van der Waals surface area (Å²) < 4.78 is 0. The number of carboxylic acids is 1. The number of carbonyl (C=O) groups excluding carboxylic acids is 2. The van der Waals surface area contributed by atoms with Gasteiger partial charge >= 0.3 is 5.97 Å². The summed E-state index contributed by atoms with van der Waals surface area (Å²) in [5.74, 6) is -1.73. The first-order valence-electron chi connectivity index (χ1n) is 8.25. The van der Waals surface area contributed by atoms with Crippen LogP contribution in [0.25, 0.3) is 0 Å². The Kier molecular flexibility index (Phi) is 5.73. The molecule has 2 heterocycles. The Morgan fingerprint density at radius 1 is 1.32 bits per heavy atom. The molecule has 1 aliphatic rings. The van der Waals surface area contributed by atoms with Crippen molar-refractivity contribution in [3.05, 3.63) is 23.9 Å². The molecule has 8 heteroatoms. The fourth-order valence-electron chi connectivity index (χ4n) is 2.78. The molecule has 0 aromatic carbocycles. The van der Waals surface area contributed by atoms with E-state index in [0.717, 1.165) is 0 Å². The lowest BCUT2D eigenvalue weighted by molar-refractivity contribution is -0.140. The van der Waals surface area contributed by atoms with Crippen molar-refractivity contribution in [3.8, 4) is 0 Å². The van der Waals surface area contributed by atoms with Crippen LogP contribution in [0.5, 0.6) is 0 Å². The molecular formula is C17H24N4O4. The van der Waals surface area contributed by atoms with E-state index in [1.807, 2.05) is 0 Å². The normalized spacial score (nSPS) is 18.6. The summed E-state index contributed by atoms with van der Waals surface area (Å²) in [6.45, 7) is 5.29. The number of anilines is 1. The van der Waals surface area contributed by atoms with E-state index in [1.165, 1.54) is 11.1 Å². The quantitative estimate of drug-likeness (QED) is 0.676. The number of nitrogens with one attached hydrogen (secondary N) is 2.